The van der Waals surface area contributed by atoms with Crippen molar-refractivity contribution in [1.82, 2.24) is 5.32 Å². The van der Waals surface area contributed by atoms with Crippen LogP contribution in [0.5, 0.6) is 5.75 Å². The van der Waals surface area contributed by atoms with Crippen molar-refractivity contribution in [3.63, 3.8) is 0 Å². The molecule has 0 fully saturated rings. The van der Waals surface area contributed by atoms with Crippen molar-refractivity contribution in [2.45, 2.75) is 92.2 Å². The van der Waals surface area contributed by atoms with E-state index in [1.54, 1.807) is 13.1 Å². The molecule has 1 aliphatic rings. The van der Waals surface area contributed by atoms with Gasteiger partial charge in [-0.1, -0.05) is 57.6 Å². The summed E-state index contributed by atoms with van der Waals surface area (Å²) in [6, 6.07) is 12.9. The number of aryl methyl sites for hydroxylation is 2. The van der Waals surface area contributed by atoms with Gasteiger partial charge in [0.15, 0.2) is 0 Å². The lowest BCUT2D eigenvalue weighted by Gasteiger charge is -2.22. The third-order valence-corrected chi connectivity index (χ3v) is 7.82. The van der Waals surface area contributed by atoms with Gasteiger partial charge in [-0.15, -0.1) is 0 Å². The maximum absolute atomic E-state index is 11.7. The molecule has 0 radical (unpaired) electrons. The van der Waals surface area contributed by atoms with Gasteiger partial charge in [0.2, 0.25) is 5.91 Å². The summed E-state index contributed by atoms with van der Waals surface area (Å²) in [4.78, 5) is 11.7. The van der Waals surface area contributed by atoms with Gasteiger partial charge in [-0.3, -0.25) is 4.79 Å². The number of rotatable bonds is 13. The number of benzene rings is 2. The van der Waals surface area contributed by atoms with Crippen molar-refractivity contribution in [1.29, 1.82) is 0 Å². The van der Waals surface area contributed by atoms with Gasteiger partial charge in [-0.2, -0.15) is 0 Å². The van der Waals surface area contributed by atoms with E-state index in [9.17, 15) is 4.79 Å². The quantitative estimate of drug-likeness (QED) is 0.249. The molecule has 40 heavy (non-hydrogen) atoms. The number of likely N-dealkylation sites (N-methyl/N-ethyl adjacent to an activating group) is 1. The molecule has 2 N–H and O–H groups in total. The molecular formula is C36H48N2O2. The molecule has 0 heterocycles. The van der Waals surface area contributed by atoms with Crippen molar-refractivity contribution >= 4 is 22.7 Å². The minimum atomic E-state index is -0.0939. The lowest BCUT2D eigenvalue weighted by atomic mass is 9.88. The molecule has 0 saturated heterocycles. The molecule has 2 aromatic rings. The van der Waals surface area contributed by atoms with E-state index in [4.69, 9.17) is 4.74 Å². The van der Waals surface area contributed by atoms with Gasteiger partial charge in [0, 0.05) is 18.8 Å². The highest BCUT2D eigenvalue weighted by atomic mass is 16.5. The largest absolute Gasteiger partial charge is 0.490 e. The summed E-state index contributed by atoms with van der Waals surface area (Å²) in [7, 11) is 1.64. The normalized spacial score (nSPS) is 15.9. The fraction of sp³-hybridized carbons (Fsp3) is 0.417. The number of hydrogen-bond donors (Lipinski definition) is 2. The van der Waals surface area contributed by atoms with Crippen LogP contribution >= 0.6 is 0 Å². The molecular weight excluding hydrogens is 492 g/mol. The molecule has 0 aliphatic heterocycles. The fourth-order valence-electron chi connectivity index (χ4n) is 5.87. The summed E-state index contributed by atoms with van der Waals surface area (Å²) in [5.41, 5.74) is 10.8. The first kappa shape index (κ1) is 31.0. The number of ether oxygens (including phenoxy) is 1. The second-order valence-electron chi connectivity index (χ2n) is 10.8. The topological polar surface area (TPSA) is 50.4 Å². The minimum Gasteiger partial charge on any atom is -0.490 e. The van der Waals surface area contributed by atoms with E-state index >= 15 is 0 Å². The first-order valence-electron chi connectivity index (χ1n) is 14.8. The molecule has 1 aliphatic carbocycles. The lowest BCUT2D eigenvalue weighted by Crippen LogP contribution is -2.18. The molecule has 0 spiro atoms. The van der Waals surface area contributed by atoms with E-state index in [1.165, 1.54) is 33.4 Å². The Morgan fingerprint density at radius 1 is 1.10 bits per heavy atom. The summed E-state index contributed by atoms with van der Waals surface area (Å²) in [6.07, 6.45) is 12.6. The third-order valence-electron chi connectivity index (χ3n) is 7.82. The molecule has 0 saturated carbocycles. The Bertz CT molecular complexity index is 1250. The van der Waals surface area contributed by atoms with Crippen LogP contribution in [0.3, 0.4) is 0 Å². The van der Waals surface area contributed by atoms with Gasteiger partial charge in [0.05, 0.1) is 12.1 Å². The molecule has 0 bridgehead atoms. The van der Waals surface area contributed by atoms with Crippen LogP contribution in [0.2, 0.25) is 0 Å². The zero-order valence-electron chi connectivity index (χ0n) is 25.6. The first-order valence-corrected chi connectivity index (χ1v) is 14.8. The molecule has 2 aromatic carbocycles. The van der Waals surface area contributed by atoms with Gasteiger partial charge in [-0.05, 0) is 122 Å². The Labute approximate surface area is 242 Å². The van der Waals surface area contributed by atoms with Crippen LogP contribution in [0.1, 0.15) is 88.5 Å². The molecule has 4 nitrogen and oxygen atoms in total. The van der Waals surface area contributed by atoms with Gasteiger partial charge in [0.1, 0.15) is 5.75 Å². The van der Waals surface area contributed by atoms with E-state index in [-0.39, 0.29) is 18.1 Å². The average molecular weight is 541 g/mol. The minimum absolute atomic E-state index is 0.0939. The summed E-state index contributed by atoms with van der Waals surface area (Å²) >= 11 is 0. The van der Waals surface area contributed by atoms with E-state index in [2.05, 4.69) is 94.3 Å². The number of carbonyl (C=O) groups excluding carboxylic acids is 1. The summed E-state index contributed by atoms with van der Waals surface area (Å²) in [6.45, 7) is 17.1. The SMILES string of the molecule is C=CC1=C(/C(=C\C)c2c(C)cc(OC(CCC)CCC)cc2C)CCC1Nc1ccc(/C(C)=C/C(=O)NC)cc1. The van der Waals surface area contributed by atoms with Crippen molar-refractivity contribution in [2.24, 2.45) is 0 Å². The zero-order valence-corrected chi connectivity index (χ0v) is 25.6. The van der Waals surface area contributed by atoms with Crippen LogP contribution in [-0.2, 0) is 4.79 Å². The monoisotopic (exact) mass is 540 g/mol. The maximum Gasteiger partial charge on any atom is 0.244 e. The summed E-state index contributed by atoms with van der Waals surface area (Å²) in [5.74, 6) is 0.886. The Morgan fingerprint density at radius 2 is 1.73 bits per heavy atom. The molecule has 4 heteroatoms. The smallest absolute Gasteiger partial charge is 0.244 e. The first-order chi connectivity index (χ1) is 19.3. The van der Waals surface area contributed by atoms with E-state index in [0.29, 0.717) is 0 Å². The zero-order chi connectivity index (χ0) is 29.2. The number of anilines is 1. The van der Waals surface area contributed by atoms with Gasteiger partial charge >= 0.3 is 0 Å². The second-order valence-corrected chi connectivity index (χ2v) is 10.8. The number of hydrogen-bond acceptors (Lipinski definition) is 3. The van der Waals surface area contributed by atoms with Gasteiger partial charge in [0.25, 0.3) is 0 Å². The average Bonchev–Trinajstić information content (AvgIpc) is 3.33. The highest BCUT2D eigenvalue weighted by molar-refractivity contribution is 5.94. The van der Waals surface area contributed by atoms with Crippen LogP contribution in [0.4, 0.5) is 5.69 Å². The van der Waals surface area contributed by atoms with E-state index in [1.807, 2.05) is 13.0 Å². The summed E-state index contributed by atoms with van der Waals surface area (Å²) < 4.78 is 6.44. The van der Waals surface area contributed by atoms with Crippen molar-refractivity contribution < 1.29 is 9.53 Å². The Balaban J connectivity index is 1.84. The predicted molar refractivity (Wildman–Crippen MR) is 172 cm³/mol. The third kappa shape index (κ3) is 7.56. The number of carbonyl (C=O) groups is 1. The number of amides is 1. The second kappa shape index (κ2) is 14.7. The van der Waals surface area contributed by atoms with Crippen molar-refractivity contribution in [2.75, 3.05) is 12.4 Å². The Hall–Kier alpha value is -3.53. The van der Waals surface area contributed by atoms with Gasteiger partial charge < -0.3 is 15.4 Å². The highest BCUT2D eigenvalue weighted by Crippen LogP contribution is 2.41. The lowest BCUT2D eigenvalue weighted by molar-refractivity contribution is -0.116. The van der Waals surface area contributed by atoms with Crippen LogP contribution < -0.4 is 15.4 Å². The number of nitrogens with one attached hydrogen (secondary N) is 2. The van der Waals surface area contributed by atoms with Crippen LogP contribution in [0.25, 0.3) is 11.1 Å². The number of allylic oxidation sites excluding steroid dienone is 4. The standard InChI is InChI=1S/C36H48N2O2/c1-9-13-29(14-10-2)40-30-21-25(6)36(26(7)22-30)32(12-4)33-19-20-34(31(33)11-3)38-28-17-15-27(16-18-28)24(5)23-35(39)37-8/h11-12,15-18,21-23,29,34,38H,3,9-10,13-14,19-20H2,1-2,4-8H3,(H,37,39)/b24-23+,32-12+. The molecule has 1 unspecified atom stereocenters. The molecule has 0 aromatic heterocycles. The predicted octanol–water partition coefficient (Wildman–Crippen LogP) is 8.96. The molecule has 214 valence electrons. The van der Waals surface area contributed by atoms with Crippen molar-refractivity contribution in [3.8, 4) is 5.75 Å². The van der Waals surface area contributed by atoms with Crippen molar-refractivity contribution in [3.05, 3.63) is 94.6 Å². The fourth-order valence-corrected chi connectivity index (χ4v) is 5.87. The maximum atomic E-state index is 11.7. The molecule has 1 amide bonds. The van der Waals surface area contributed by atoms with Crippen LogP contribution in [-0.4, -0.2) is 25.1 Å². The van der Waals surface area contributed by atoms with E-state index in [0.717, 1.165) is 61.1 Å². The van der Waals surface area contributed by atoms with Crippen LogP contribution in [0.15, 0.2) is 72.4 Å². The van der Waals surface area contributed by atoms with Crippen LogP contribution in [0, 0.1) is 13.8 Å². The Kier molecular flexibility index (Phi) is 11.4. The summed E-state index contributed by atoms with van der Waals surface area (Å²) in [5, 5.41) is 6.37. The highest BCUT2D eigenvalue weighted by Gasteiger charge is 2.27. The van der Waals surface area contributed by atoms with E-state index < -0.39 is 0 Å². The molecule has 3 rings (SSSR count). The molecule has 1 atom stereocenters. The Morgan fingerprint density at radius 3 is 2.25 bits per heavy atom. The van der Waals surface area contributed by atoms with Gasteiger partial charge in [-0.25, -0.2) is 0 Å².